The molecule has 0 radical (unpaired) electrons. The van der Waals surface area contributed by atoms with Crippen LogP contribution in [0.4, 0.5) is 0 Å². The van der Waals surface area contributed by atoms with Gasteiger partial charge in [-0.15, -0.1) is 0 Å². The molecule has 0 aromatic heterocycles. The number of unbranched alkanes of at least 4 members (excludes halogenated alkanes) is 19. The Kier molecular flexibility index (Phi) is 25.9. The molecule has 0 aromatic carbocycles. The van der Waals surface area contributed by atoms with E-state index >= 15 is 0 Å². The summed E-state index contributed by atoms with van der Waals surface area (Å²) in [6.07, 6.45) is 38.9. The fourth-order valence-electron chi connectivity index (χ4n) is 5.68. The van der Waals surface area contributed by atoms with E-state index in [4.69, 9.17) is 0 Å². The second-order valence-corrected chi connectivity index (χ2v) is 11.8. The van der Waals surface area contributed by atoms with Crippen LogP contribution >= 0.6 is 0 Å². The van der Waals surface area contributed by atoms with E-state index in [2.05, 4.69) is 35.8 Å². The lowest BCUT2D eigenvalue weighted by Gasteiger charge is -2.25. The zero-order chi connectivity index (χ0) is 25.8. The third-order valence-corrected chi connectivity index (χ3v) is 8.25. The van der Waals surface area contributed by atoms with Crippen LogP contribution in [0.3, 0.4) is 0 Å². The maximum Gasteiger partial charge on any atom is 0.0109 e. The maximum atomic E-state index is 2.81. The second kappa shape index (κ2) is 27.7. The fourth-order valence-corrected chi connectivity index (χ4v) is 5.68. The molecule has 1 rings (SSSR count). The van der Waals surface area contributed by atoms with Gasteiger partial charge >= 0.3 is 0 Å². The van der Waals surface area contributed by atoms with E-state index in [0.29, 0.717) is 0 Å². The molecule has 0 N–H and O–H groups in total. The Morgan fingerprint density at radius 2 is 0.861 bits per heavy atom. The zero-order valence-corrected chi connectivity index (χ0v) is 25.3. The first-order valence-electron chi connectivity index (χ1n) is 17.0. The Balaban J connectivity index is 1.99. The molecule has 0 atom stereocenters. The van der Waals surface area contributed by atoms with Crippen LogP contribution in [0.5, 0.6) is 0 Å². The summed E-state index contributed by atoms with van der Waals surface area (Å²) in [5, 5.41) is 0. The minimum absolute atomic E-state index is 1.30. The van der Waals surface area contributed by atoms with Crippen LogP contribution in [-0.2, 0) is 0 Å². The topological polar surface area (TPSA) is 6.48 Å². The van der Waals surface area contributed by atoms with Crippen LogP contribution in [0.25, 0.3) is 0 Å². The van der Waals surface area contributed by atoms with Crippen molar-refractivity contribution in [2.24, 2.45) is 0 Å². The lowest BCUT2D eigenvalue weighted by Crippen LogP contribution is -2.35. The lowest BCUT2D eigenvalue weighted by molar-refractivity contribution is 0.217. The number of hydrogen-bond donors (Lipinski definition) is 0. The summed E-state index contributed by atoms with van der Waals surface area (Å²) in [4.78, 5) is 5.51. The zero-order valence-electron chi connectivity index (χ0n) is 25.3. The van der Waals surface area contributed by atoms with Crippen LogP contribution in [0.1, 0.15) is 168 Å². The standard InChI is InChI=1S/C34H68N2/c1-3-5-7-9-11-13-14-15-16-17-18-19-20-22-24-26-30-35(33-34-36-31-27-28-32-36)29-25-23-21-12-10-8-6-4-2/h15-16H,3-14,17-34H2,1-2H3. The van der Waals surface area contributed by atoms with Crippen LogP contribution < -0.4 is 0 Å². The Labute approximate surface area is 229 Å². The summed E-state index contributed by atoms with van der Waals surface area (Å²) in [5.41, 5.74) is 0. The minimum atomic E-state index is 1.30. The van der Waals surface area contributed by atoms with Crippen molar-refractivity contribution in [1.29, 1.82) is 0 Å². The average molecular weight is 505 g/mol. The average Bonchev–Trinajstić information content (AvgIpc) is 3.41. The molecule has 1 saturated heterocycles. The molecule has 0 aromatic rings. The SMILES string of the molecule is CCCCCCCCC=CCCCCCCCCN(CCCCCCCCCC)CCN1CCCC1. The molecule has 0 aliphatic carbocycles. The quantitative estimate of drug-likeness (QED) is 0.0772. The molecule has 214 valence electrons. The molecule has 0 unspecified atom stereocenters. The van der Waals surface area contributed by atoms with Crippen molar-refractivity contribution in [2.45, 2.75) is 168 Å². The largest absolute Gasteiger partial charge is 0.302 e. The highest BCUT2D eigenvalue weighted by atomic mass is 15.2. The first kappa shape index (κ1) is 33.7. The normalized spacial score (nSPS) is 14.6. The number of rotatable bonds is 28. The van der Waals surface area contributed by atoms with Crippen molar-refractivity contribution < 1.29 is 0 Å². The third kappa shape index (κ3) is 22.8. The maximum absolute atomic E-state index is 2.81. The van der Waals surface area contributed by atoms with E-state index in [9.17, 15) is 0 Å². The predicted molar refractivity (Wildman–Crippen MR) is 164 cm³/mol. The summed E-state index contributed by atoms with van der Waals surface area (Å²) in [6, 6.07) is 0. The molecule has 1 aliphatic heterocycles. The van der Waals surface area contributed by atoms with E-state index in [1.165, 1.54) is 193 Å². The van der Waals surface area contributed by atoms with Gasteiger partial charge in [-0.2, -0.15) is 0 Å². The van der Waals surface area contributed by atoms with Crippen LogP contribution in [0, 0.1) is 0 Å². The van der Waals surface area contributed by atoms with Crippen LogP contribution in [-0.4, -0.2) is 49.1 Å². The molecule has 0 amide bonds. The van der Waals surface area contributed by atoms with Gasteiger partial charge in [0.1, 0.15) is 0 Å². The molecule has 2 heteroatoms. The van der Waals surface area contributed by atoms with Crippen molar-refractivity contribution in [1.82, 2.24) is 9.80 Å². The van der Waals surface area contributed by atoms with Gasteiger partial charge in [-0.1, -0.05) is 129 Å². The fraction of sp³-hybridized carbons (Fsp3) is 0.941. The first-order valence-corrected chi connectivity index (χ1v) is 17.0. The van der Waals surface area contributed by atoms with Crippen molar-refractivity contribution in [2.75, 3.05) is 39.3 Å². The molecule has 1 heterocycles. The molecular weight excluding hydrogens is 436 g/mol. The van der Waals surface area contributed by atoms with Gasteiger partial charge in [-0.25, -0.2) is 0 Å². The van der Waals surface area contributed by atoms with Crippen molar-refractivity contribution >= 4 is 0 Å². The molecule has 36 heavy (non-hydrogen) atoms. The first-order chi connectivity index (χ1) is 17.9. The van der Waals surface area contributed by atoms with Gasteiger partial charge in [0, 0.05) is 13.1 Å². The van der Waals surface area contributed by atoms with Gasteiger partial charge in [0.2, 0.25) is 0 Å². The predicted octanol–water partition coefficient (Wildman–Crippen LogP) is 10.6. The third-order valence-electron chi connectivity index (χ3n) is 8.25. The Morgan fingerprint density at radius 1 is 0.472 bits per heavy atom. The smallest absolute Gasteiger partial charge is 0.0109 e. The van der Waals surface area contributed by atoms with Gasteiger partial charge in [-0.3, -0.25) is 0 Å². The van der Waals surface area contributed by atoms with E-state index in [0.717, 1.165) is 0 Å². The van der Waals surface area contributed by atoms with Gasteiger partial charge < -0.3 is 9.80 Å². The minimum Gasteiger partial charge on any atom is -0.302 e. The highest BCUT2D eigenvalue weighted by Gasteiger charge is 2.13. The monoisotopic (exact) mass is 505 g/mol. The number of hydrogen-bond acceptors (Lipinski definition) is 2. The summed E-state index contributed by atoms with van der Waals surface area (Å²) in [7, 11) is 0. The van der Waals surface area contributed by atoms with Gasteiger partial charge in [0.05, 0.1) is 0 Å². The summed E-state index contributed by atoms with van der Waals surface area (Å²) >= 11 is 0. The van der Waals surface area contributed by atoms with Crippen LogP contribution in [0.15, 0.2) is 12.2 Å². The second-order valence-electron chi connectivity index (χ2n) is 11.8. The number of allylic oxidation sites excluding steroid dienone is 2. The van der Waals surface area contributed by atoms with Gasteiger partial charge in [0.25, 0.3) is 0 Å². The molecule has 2 nitrogen and oxygen atoms in total. The molecular formula is C34H68N2. The van der Waals surface area contributed by atoms with Crippen LogP contribution in [0.2, 0.25) is 0 Å². The summed E-state index contributed by atoms with van der Waals surface area (Å²) in [6.45, 7) is 12.6. The molecule has 0 saturated carbocycles. The van der Waals surface area contributed by atoms with Crippen molar-refractivity contribution in [3.63, 3.8) is 0 Å². The van der Waals surface area contributed by atoms with Gasteiger partial charge in [0.15, 0.2) is 0 Å². The van der Waals surface area contributed by atoms with Crippen molar-refractivity contribution in [3.05, 3.63) is 12.2 Å². The Bertz CT molecular complexity index is 440. The van der Waals surface area contributed by atoms with Gasteiger partial charge in [-0.05, 0) is 77.5 Å². The lowest BCUT2D eigenvalue weighted by atomic mass is 10.1. The summed E-state index contributed by atoms with van der Waals surface area (Å²) < 4.78 is 0. The highest BCUT2D eigenvalue weighted by Crippen LogP contribution is 2.13. The highest BCUT2D eigenvalue weighted by molar-refractivity contribution is 4.81. The molecule has 1 aliphatic rings. The van der Waals surface area contributed by atoms with E-state index < -0.39 is 0 Å². The number of nitrogens with zero attached hydrogens (tertiary/aromatic N) is 2. The molecule has 1 fully saturated rings. The molecule has 0 bridgehead atoms. The van der Waals surface area contributed by atoms with E-state index in [1.807, 2.05) is 0 Å². The Hall–Kier alpha value is -0.340. The Morgan fingerprint density at radius 3 is 1.31 bits per heavy atom. The molecule has 0 spiro atoms. The summed E-state index contributed by atoms with van der Waals surface area (Å²) in [5.74, 6) is 0. The van der Waals surface area contributed by atoms with E-state index in [-0.39, 0.29) is 0 Å². The van der Waals surface area contributed by atoms with E-state index in [1.54, 1.807) is 0 Å². The number of likely N-dealkylation sites (tertiary alicyclic amines) is 1. The van der Waals surface area contributed by atoms with Crippen molar-refractivity contribution in [3.8, 4) is 0 Å².